The van der Waals surface area contributed by atoms with Gasteiger partial charge in [-0.05, 0) is 61.9 Å². The number of nitrogens with zero attached hydrogens (tertiary/aromatic N) is 2. The summed E-state index contributed by atoms with van der Waals surface area (Å²) >= 11 is 0. The fourth-order valence-electron chi connectivity index (χ4n) is 3.41. The van der Waals surface area contributed by atoms with Gasteiger partial charge in [-0.15, -0.1) is 0 Å². The van der Waals surface area contributed by atoms with Crippen molar-refractivity contribution in [1.29, 1.82) is 0 Å². The van der Waals surface area contributed by atoms with Gasteiger partial charge in [-0.2, -0.15) is 13.2 Å². The van der Waals surface area contributed by atoms with Gasteiger partial charge in [0.15, 0.2) is 0 Å². The third-order valence-corrected chi connectivity index (χ3v) is 5.20. The minimum atomic E-state index is -4.55. The number of nitrogens with one attached hydrogen (secondary N) is 2. The Morgan fingerprint density at radius 1 is 1.00 bits per heavy atom. The minimum absolute atomic E-state index is 0.0526. The SMILES string of the molecule is Cc1ccc(C(=O)NCC(F)(F)F)cc1NC(=O)c1cc(-c2ccc(F)cc2)nc2onc(C)c12. The standard InChI is InChI=1S/C24H18F4N4O3/c1-12-3-4-15(21(33)29-11-24(26,27)28)9-18(12)30-22(34)17-10-19(14-5-7-16(25)8-6-14)31-23-20(17)13(2)32-35-23/h3-10H,11H2,1-2H3,(H,29,33)(H,30,34). The molecule has 0 aliphatic carbocycles. The number of carbonyl (C=O) groups is 2. The van der Waals surface area contributed by atoms with Crippen LogP contribution in [0.4, 0.5) is 23.2 Å². The second-order valence-corrected chi connectivity index (χ2v) is 7.79. The maximum atomic E-state index is 13.3. The molecule has 0 radical (unpaired) electrons. The molecule has 0 fully saturated rings. The van der Waals surface area contributed by atoms with Crippen molar-refractivity contribution in [3.05, 3.63) is 76.7 Å². The van der Waals surface area contributed by atoms with Gasteiger partial charge in [0.05, 0.1) is 22.3 Å². The first-order valence-corrected chi connectivity index (χ1v) is 10.3. The molecule has 0 spiro atoms. The van der Waals surface area contributed by atoms with Crippen LogP contribution in [0.1, 0.15) is 32.0 Å². The summed E-state index contributed by atoms with van der Waals surface area (Å²) in [4.78, 5) is 29.8. The molecule has 2 aromatic carbocycles. The van der Waals surface area contributed by atoms with E-state index in [1.807, 2.05) is 0 Å². The van der Waals surface area contributed by atoms with Crippen LogP contribution in [0.15, 0.2) is 53.1 Å². The Kier molecular flexibility index (Phi) is 6.25. The number of halogens is 4. The van der Waals surface area contributed by atoms with Crippen LogP contribution < -0.4 is 10.6 Å². The van der Waals surface area contributed by atoms with E-state index in [0.29, 0.717) is 27.9 Å². The number of hydrogen-bond acceptors (Lipinski definition) is 5. The van der Waals surface area contributed by atoms with Gasteiger partial charge in [0.25, 0.3) is 17.5 Å². The fourth-order valence-corrected chi connectivity index (χ4v) is 3.41. The highest BCUT2D eigenvalue weighted by molar-refractivity contribution is 6.13. The van der Waals surface area contributed by atoms with E-state index >= 15 is 0 Å². The molecule has 0 saturated carbocycles. The maximum absolute atomic E-state index is 13.3. The van der Waals surface area contributed by atoms with Gasteiger partial charge >= 0.3 is 6.18 Å². The van der Waals surface area contributed by atoms with Crippen molar-refractivity contribution >= 4 is 28.6 Å². The highest BCUT2D eigenvalue weighted by Crippen LogP contribution is 2.28. The fraction of sp³-hybridized carbons (Fsp3) is 0.167. The van der Waals surface area contributed by atoms with Crippen LogP contribution in [0.2, 0.25) is 0 Å². The summed E-state index contributed by atoms with van der Waals surface area (Å²) < 4.78 is 55.9. The molecular weight excluding hydrogens is 468 g/mol. The molecule has 2 amide bonds. The van der Waals surface area contributed by atoms with E-state index in [-0.39, 0.29) is 22.5 Å². The third-order valence-electron chi connectivity index (χ3n) is 5.20. The Balaban J connectivity index is 1.68. The summed E-state index contributed by atoms with van der Waals surface area (Å²) in [6.45, 7) is 1.83. The number of alkyl halides is 3. The number of carbonyl (C=O) groups excluding carboxylic acids is 2. The molecule has 0 saturated heterocycles. The van der Waals surface area contributed by atoms with Crippen LogP contribution in [-0.4, -0.2) is 34.7 Å². The molecular formula is C24H18F4N4O3. The maximum Gasteiger partial charge on any atom is 0.405 e. The lowest BCUT2D eigenvalue weighted by molar-refractivity contribution is -0.123. The van der Waals surface area contributed by atoms with Crippen LogP contribution >= 0.6 is 0 Å². The predicted molar refractivity (Wildman–Crippen MR) is 119 cm³/mol. The van der Waals surface area contributed by atoms with Gasteiger partial charge in [0.2, 0.25) is 0 Å². The van der Waals surface area contributed by atoms with Gasteiger partial charge in [-0.25, -0.2) is 9.37 Å². The Morgan fingerprint density at radius 3 is 2.40 bits per heavy atom. The highest BCUT2D eigenvalue weighted by Gasteiger charge is 2.28. The molecule has 7 nitrogen and oxygen atoms in total. The van der Waals surface area contributed by atoms with E-state index in [9.17, 15) is 27.2 Å². The van der Waals surface area contributed by atoms with Gasteiger partial charge in [-0.3, -0.25) is 9.59 Å². The quantitative estimate of drug-likeness (QED) is 0.379. The molecule has 4 rings (SSSR count). The highest BCUT2D eigenvalue weighted by atomic mass is 19.4. The molecule has 2 aromatic heterocycles. The minimum Gasteiger partial charge on any atom is -0.343 e. The summed E-state index contributed by atoms with van der Waals surface area (Å²) in [6, 6.07) is 11.2. The number of aromatic nitrogens is 2. The molecule has 0 unspecified atom stereocenters. The summed E-state index contributed by atoms with van der Waals surface area (Å²) in [5, 5.41) is 8.72. The number of amides is 2. The smallest absolute Gasteiger partial charge is 0.343 e. The zero-order valence-corrected chi connectivity index (χ0v) is 18.5. The van der Waals surface area contributed by atoms with Crippen LogP contribution in [0.5, 0.6) is 0 Å². The third kappa shape index (κ3) is 5.29. The number of rotatable bonds is 5. The van der Waals surface area contributed by atoms with Gasteiger partial charge in [-0.1, -0.05) is 11.2 Å². The van der Waals surface area contributed by atoms with E-state index in [1.54, 1.807) is 19.2 Å². The van der Waals surface area contributed by atoms with E-state index in [0.717, 1.165) is 0 Å². The van der Waals surface area contributed by atoms with Crippen molar-refractivity contribution in [2.45, 2.75) is 20.0 Å². The Labute approximate surface area is 196 Å². The van der Waals surface area contributed by atoms with Crippen molar-refractivity contribution < 1.29 is 31.7 Å². The number of pyridine rings is 1. The molecule has 0 aliphatic rings. The van der Waals surface area contributed by atoms with E-state index in [4.69, 9.17) is 4.52 Å². The summed E-state index contributed by atoms with van der Waals surface area (Å²) in [7, 11) is 0. The van der Waals surface area contributed by atoms with Crippen LogP contribution in [0, 0.1) is 19.7 Å². The Bertz CT molecular complexity index is 1430. The van der Waals surface area contributed by atoms with Gasteiger partial charge in [0, 0.05) is 16.8 Å². The lowest BCUT2D eigenvalue weighted by atomic mass is 10.0. The van der Waals surface area contributed by atoms with Crippen LogP contribution in [-0.2, 0) is 0 Å². The second kappa shape index (κ2) is 9.16. The first-order valence-electron chi connectivity index (χ1n) is 10.3. The topological polar surface area (TPSA) is 97.1 Å². The van der Waals surface area contributed by atoms with Crippen LogP contribution in [0.25, 0.3) is 22.4 Å². The van der Waals surface area contributed by atoms with Crippen molar-refractivity contribution in [3.63, 3.8) is 0 Å². The second-order valence-electron chi connectivity index (χ2n) is 7.79. The molecule has 35 heavy (non-hydrogen) atoms. The normalized spacial score (nSPS) is 11.5. The molecule has 180 valence electrons. The Morgan fingerprint density at radius 2 is 1.71 bits per heavy atom. The first-order chi connectivity index (χ1) is 16.5. The number of anilines is 1. The van der Waals surface area contributed by atoms with Crippen molar-refractivity contribution in [2.24, 2.45) is 0 Å². The number of aryl methyl sites for hydroxylation is 2. The van der Waals surface area contributed by atoms with E-state index < -0.39 is 30.4 Å². The number of hydrogen-bond donors (Lipinski definition) is 2. The molecule has 4 aromatic rings. The predicted octanol–water partition coefficient (Wildman–Crippen LogP) is 5.19. The van der Waals surface area contributed by atoms with Crippen molar-refractivity contribution in [3.8, 4) is 11.3 Å². The Hall–Kier alpha value is -4.28. The summed E-state index contributed by atoms with van der Waals surface area (Å²) in [5.41, 5.74) is 2.33. The molecule has 0 bridgehead atoms. The first kappa shape index (κ1) is 23.9. The lowest BCUT2D eigenvalue weighted by Gasteiger charge is -2.13. The van der Waals surface area contributed by atoms with Gasteiger partial charge < -0.3 is 15.2 Å². The van der Waals surface area contributed by atoms with Crippen LogP contribution in [0.3, 0.4) is 0 Å². The molecule has 2 N–H and O–H groups in total. The molecule has 11 heteroatoms. The molecule has 0 aliphatic heterocycles. The zero-order chi connectivity index (χ0) is 25.3. The van der Waals surface area contributed by atoms with Gasteiger partial charge in [0.1, 0.15) is 12.4 Å². The number of fused-ring (bicyclic) bond motifs is 1. The van der Waals surface area contributed by atoms with E-state index in [2.05, 4.69) is 15.5 Å². The zero-order valence-electron chi connectivity index (χ0n) is 18.5. The number of benzene rings is 2. The lowest BCUT2D eigenvalue weighted by Crippen LogP contribution is -2.33. The average molecular weight is 486 g/mol. The summed E-state index contributed by atoms with van der Waals surface area (Å²) in [6.07, 6.45) is -4.55. The summed E-state index contributed by atoms with van der Waals surface area (Å²) in [5.74, 6) is -1.95. The van der Waals surface area contributed by atoms with E-state index in [1.165, 1.54) is 48.5 Å². The average Bonchev–Trinajstić information content (AvgIpc) is 3.19. The monoisotopic (exact) mass is 486 g/mol. The largest absolute Gasteiger partial charge is 0.405 e. The molecule has 2 heterocycles. The molecule has 0 atom stereocenters. The van der Waals surface area contributed by atoms with Crippen molar-refractivity contribution in [2.75, 3.05) is 11.9 Å². The van der Waals surface area contributed by atoms with Crippen molar-refractivity contribution in [1.82, 2.24) is 15.5 Å².